The lowest BCUT2D eigenvalue weighted by Crippen LogP contribution is -2.47. The number of nitrogens with zero attached hydrogens (tertiary/aromatic N) is 1. The summed E-state index contributed by atoms with van der Waals surface area (Å²) >= 11 is 0. The van der Waals surface area contributed by atoms with Gasteiger partial charge in [0.1, 0.15) is 0 Å². The van der Waals surface area contributed by atoms with Crippen LogP contribution in [0, 0.1) is 11.7 Å². The molecule has 1 aromatic carbocycles. The summed E-state index contributed by atoms with van der Waals surface area (Å²) in [4.78, 5) is 14.4. The number of amides is 2. The van der Waals surface area contributed by atoms with Gasteiger partial charge in [-0.15, -0.1) is 0 Å². The number of hydrogen-bond acceptors (Lipinski definition) is 2. The van der Waals surface area contributed by atoms with E-state index in [1.807, 2.05) is 4.90 Å². The van der Waals surface area contributed by atoms with Crippen LogP contribution in [0.4, 0.5) is 9.18 Å². The molecule has 2 saturated carbocycles. The zero-order valence-corrected chi connectivity index (χ0v) is 12.2. The number of phenols is 1. The van der Waals surface area contributed by atoms with Gasteiger partial charge < -0.3 is 15.3 Å². The highest BCUT2D eigenvalue weighted by molar-refractivity contribution is 5.75. The van der Waals surface area contributed by atoms with E-state index in [1.54, 1.807) is 6.07 Å². The number of halogens is 1. The van der Waals surface area contributed by atoms with E-state index < -0.39 is 5.82 Å². The first-order valence-electron chi connectivity index (χ1n) is 7.60. The first-order valence-corrected chi connectivity index (χ1v) is 7.60. The highest BCUT2D eigenvalue weighted by atomic mass is 19.1. The third kappa shape index (κ3) is 3.28. The monoisotopic (exact) mass is 292 g/mol. The maximum atomic E-state index is 13.3. The van der Waals surface area contributed by atoms with Crippen LogP contribution < -0.4 is 5.32 Å². The van der Waals surface area contributed by atoms with Gasteiger partial charge in [-0.3, -0.25) is 0 Å². The highest BCUT2D eigenvalue weighted by Gasteiger charge is 2.41. The third-order valence-corrected chi connectivity index (χ3v) is 4.37. The van der Waals surface area contributed by atoms with Crippen molar-refractivity contribution in [1.82, 2.24) is 10.2 Å². The molecule has 2 aliphatic rings. The minimum absolute atomic E-state index is 0.0645. The number of rotatable bonds is 5. The smallest absolute Gasteiger partial charge is 0.318 e. The lowest BCUT2D eigenvalue weighted by atomic mass is 10.2. The summed E-state index contributed by atoms with van der Waals surface area (Å²) in [6.07, 6.45) is 4.58. The number of urea groups is 1. The standard InChI is InChI=1S/C16H21FN2O2/c1-10(12-3-4-12)19(13-5-6-13)16(21)18-9-11-2-7-15(20)14(17)8-11/h2,7-8,10,12-13,20H,3-6,9H2,1H3,(H,18,21)/t10-/m0/s1. The van der Waals surface area contributed by atoms with E-state index in [1.165, 1.54) is 25.0 Å². The molecule has 0 spiro atoms. The fourth-order valence-electron chi connectivity index (χ4n) is 2.77. The Morgan fingerprint density at radius 1 is 1.43 bits per heavy atom. The normalized spacial score (nSPS) is 19.1. The second kappa shape index (κ2) is 5.54. The molecule has 0 aliphatic heterocycles. The van der Waals surface area contributed by atoms with E-state index in [4.69, 9.17) is 5.11 Å². The van der Waals surface area contributed by atoms with Gasteiger partial charge >= 0.3 is 6.03 Å². The van der Waals surface area contributed by atoms with Crippen molar-refractivity contribution in [2.45, 2.75) is 51.2 Å². The van der Waals surface area contributed by atoms with Crippen LogP contribution >= 0.6 is 0 Å². The average molecular weight is 292 g/mol. The van der Waals surface area contributed by atoms with Crippen molar-refractivity contribution in [3.05, 3.63) is 29.6 Å². The number of benzene rings is 1. The van der Waals surface area contributed by atoms with Crippen LogP contribution in [0.1, 0.15) is 38.2 Å². The second-order valence-electron chi connectivity index (χ2n) is 6.16. The molecular formula is C16H21FN2O2. The molecule has 0 aromatic heterocycles. The molecule has 2 N–H and O–H groups in total. The molecule has 2 amide bonds. The fraction of sp³-hybridized carbons (Fsp3) is 0.562. The van der Waals surface area contributed by atoms with E-state index in [-0.39, 0.29) is 24.4 Å². The highest BCUT2D eigenvalue weighted by Crippen LogP contribution is 2.39. The van der Waals surface area contributed by atoms with Crippen molar-refractivity contribution in [1.29, 1.82) is 0 Å². The van der Waals surface area contributed by atoms with Gasteiger partial charge in [0, 0.05) is 18.6 Å². The summed E-state index contributed by atoms with van der Waals surface area (Å²) in [5.74, 6) is -0.387. The number of phenolic OH excluding ortho intramolecular Hbond substituents is 1. The molecule has 5 heteroatoms. The van der Waals surface area contributed by atoms with Crippen LogP contribution in [0.2, 0.25) is 0 Å². The van der Waals surface area contributed by atoms with Crippen LogP contribution in [0.15, 0.2) is 18.2 Å². The molecule has 0 unspecified atom stereocenters. The number of carbonyl (C=O) groups excluding carboxylic acids is 1. The molecule has 0 radical (unpaired) electrons. The molecule has 4 nitrogen and oxygen atoms in total. The molecule has 2 aliphatic carbocycles. The summed E-state index contributed by atoms with van der Waals surface area (Å²) < 4.78 is 13.3. The maximum Gasteiger partial charge on any atom is 0.318 e. The van der Waals surface area contributed by atoms with Crippen molar-refractivity contribution in [2.75, 3.05) is 0 Å². The minimum atomic E-state index is -0.660. The Morgan fingerprint density at radius 2 is 2.14 bits per heavy atom. The van der Waals surface area contributed by atoms with Crippen molar-refractivity contribution in [2.24, 2.45) is 5.92 Å². The largest absolute Gasteiger partial charge is 0.505 e. The zero-order valence-electron chi connectivity index (χ0n) is 12.2. The van der Waals surface area contributed by atoms with Crippen molar-refractivity contribution < 1.29 is 14.3 Å². The molecule has 3 rings (SSSR count). The molecule has 0 bridgehead atoms. The summed E-state index contributed by atoms with van der Waals surface area (Å²) in [6, 6.07) is 4.77. The molecule has 114 valence electrons. The predicted octanol–water partition coefficient (Wildman–Crippen LogP) is 3.00. The fourth-order valence-corrected chi connectivity index (χ4v) is 2.77. The Bertz CT molecular complexity index is 541. The van der Waals surface area contributed by atoms with Gasteiger partial charge in [0.2, 0.25) is 0 Å². The average Bonchev–Trinajstić information content (AvgIpc) is 3.32. The molecular weight excluding hydrogens is 271 g/mol. The van der Waals surface area contributed by atoms with Gasteiger partial charge in [-0.05, 0) is 56.2 Å². The first kappa shape index (κ1) is 14.2. The van der Waals surface area contributed by atoms with Gasteiger partial charge in [-0.1, -0.05) is 6.07 Å². The molecule has 1 aromatic rings. The van der Waals surface area contributed by atoms with Crippen LogP contribution in [-0.2, 0) is 6.54 Å². The first-order chi connectivity index (χ1) is 10.1. The molecule has 2 fully saturated rings. The van der Waals surface area contributed by atoms with E-state index >= 15 is 0 Å². The number of nitrogens with one attached hydrogen (secondary N) is 1. The topological polar surface area (TPSA) is 52.6 Å². The van der Waals surface area contributed by atoms with E-state index in [9.17, 15) is 9.18 Å². The lowest BCUT2D eigenvalue weighted by Gasteiger charge is -2.29. The Labute approximate surface area is 124 Å². The molecule has 0 saturated heterocycles. The maximum absolute atomic E-state index is 13.3. The van der Waals surface area contributed by atoms with Crippen LogP contribution in [0.5, 0.6) is 5.75 Å². The second-order valence-corrected chi connectivity index (χ2v) is 6.16. The van der Waals surface area contributed by atoms with Gasteiger partial charge in [0.15, 0.2) is 11.6 Å². The van der Waals surface area contributed by atoms with E-state index in [0.29, 0.717) is 17.5 Å². The van der Waals surface area contributed by atoms with Crippen molar-refractivity contribution in [3.63, 3.8) is 0 Å². The quantitative estimate of drug-likeness (QED) is 0.876. The molecule has 0 heterocycles. The van der Waals surface area contributed by atoms with Crippen molar-refractivity contribution in [3.8, 4) is 5.75 Å². The molecule has 1 atom stereocenters. The van der Waals surface area contributed by atoms with Gasteiger partial charge in [0.05, 0.1) is 0 Å². The zero-order chi connectivity index (χ0) is 15.0. The van der Waals surface area contributed by atoms with Crippen LogP contribution in [0.3, 0.4) is 0 Å². The van der Waals surface area contributed by atoms with Crippen LogP contribution in [-0.4, -0.2) is 28.1 Å². The van der Waals surface area contributed by atoms with Gasteiger partial charge in [-0.2, -0.15) is 0 Å². The number of aromatic hydroxyl groups is 1. The van der Waals surface area contributed by atoms with E-state index in [0.717, 1.165) is 12.8 Å². The Morgan fingerprint density at radius 3 is 2.71 bits per heavy atom. The number of carbonyl (C=O) groups is 1. The van der Waals surface area contributed by atoms with Gasteiger partial charge in [0.25, 0.3) is 0 Å². The summed E-state index contributed by atoms with van der Waals surface area (Å²) in [7, 11) is 0. The van der Waals surface area contributed by atoms with Gasteiger partial charge in [-0.25, -0.2) is 9.18 Å². The Hall–Kier alpha value is -1.78. The lowest BCUT2D eigenvalue weighted by molar-refractivity contribution is 0.166. The van der Waals surface area contributed by atoms with E-state index in [2.05, 4.69) is 12.2 Å². The summed E-state index contributed by atoms with van der Waals surface area (Å²) in [5, 5.41) is 12.0. The van der Waals surface area contributed by atoms with Crippen molar-refractivity contribution >= 4 is 6.03 Å². The number of hydrogen-bond donors (Lipinski definition) is 2. The Kier molecular flexibility index (Phi) is 3.74. The SMILES string of the molecule is C[C@@H](C1CC1)N(C(=O)NCc1ccc(O)c(F)c1)C1CC1. The minimum Gasteiger partial charge on any atom is -0.505 e. The predicted molar refractivity (Wildman–Crippen MR) is 77.3 cm³/mol. The van der Waals surface area contributed by atoms with Crippen LogP contribution in [0.25, 0.3) is 0 Å². The summed E-state index contributed by atoms with van der Waals surface area (Å²) in [5.41, 5.74) is 0.647. The third-order valence-electron chi connectivity index (χ3n) is 4.37. The molecule has 21 heavy (non-hydrogen) atoms. The summed E-state index contributed by atoms with van der Waals surface area (Å²) in [6.45, 7) is 2.40. The Balaban J connectivity index is 1.60.